The number of hydrogen-bond donors (Lipinski definition) is 1. The molecular formula is C15H12N2O2. The van der Waals surface area contributed by atoms with Crippen LogP contribution in [0.2, 0.25) is 0 Å². The van der Waals surface area contributed by atoms with Gasteiger partial charge in [-0.1, -0.05) is 24.3 Å². The minimum Gasteiger partial charge on any atom is -0.496 e. The minimum absolute atomic E-state index is 0.128. The zero-order valence-electron chi connectivity index (χ0n) is 10.4. The molecule has 19 heavy (non-hydrogen) atoms. The average Bonchev–Trinajstić information content (AvgIpc) is 2.47. The van der Waals surface area contributed by atoms with E-state index in [1.165, 1.54) is 6.33 Å². The van der Waals surface area contributed by atoms with Crippen LogP contribution in [0.25, 0.3) is 22.0 Å². The molecule has 0 aliphatic rings. The number of nitrogens with one attached hydrogen (secondary N) is 1. The maximum atomic E-state index is 11.6. The lowest BCUT2D eigenvalue weighted by Gasteiger charge is -2.08. The number of H-pyrrole nitrogens is 1. The first-order valence-corrected chi connectivity index (χ1v) is 5.90. The molecule has 0 bridgehead atoms. The van der Waals surface area contributed by atoms with Crippen molar-refractivity contribution in [3.05, 3.63) is 59.1 Å². The number of aromatic nitrogens is 2. The number of methoxy groups -OCH3 is 1. The molecule has 0 spiro atoms. The average molecular weight is 252 g/mol. The summed E-state index contributed by atoms with van der Waals surface area (Å²) >= 11 is 0. The zero-order chi connectivity index (χ0) is 13.2. The molecule has 1 N–H and O–H groups in total. The van der Waals surface area contributed by atoms with Gasteiger partial charge in [-0.15, -0.1) is 0 Å². The minimum atomic E-state index is -0.128. The summed E-state index contributed by atoms with van der Waals surface area (Å²) < 4.78 is 5.35. The summed E-state index contributed by atoms with van der Waals surface area (Å²) in [5.41, 5.74) is 2.50. The van der Waals surface area contributed by atoms with Gasteiger partial charge in [0.2, 0.25) is 0 Å². The summed E-state index contributed by atoms with van der Waals surface area (Å²) in [4.78, 5) is 18.4. The van der Waals surface area contributed by atoms with Gasteiger partial charge in [0.05, 0.1) is 24.3 Å². The first kappa shape index (κ1) is 11.5. The fourth-order valence-electron chi connectivity index (χ4n) is 2.12. The van der Waals surface area contributed by atoms with Crippen LogP contribution in [0.4, 0.5) is 0 Å². The molecule has 0 fully saturated rings. The van der Waals surface area contributed by atoms with Crippen LogP contribution in [0.5, 0.6) is 5.75 Å². The quantitative estimate of drug-likeness (QED) is 0.762. The second-order valence-corrected chi connectivity index (χ2v) is 4.16. The molecule has 1 aromatic heterocycles. The number of rotatable bonds is 2. The van der Waals surface area contributed by atoms with Gasteiger partial charge < -0.3 is 9.72 Å². The van der Waals surface area contributed by atoms with E-state index in [9.17, 15) is 4.79 Å². The number of benzene rings is 2. The van der Waals surface area contributed by atoms with E-state index in [0.29, 0.717) is 10.9 Å². The van der Waals surface area contributed by atoms with Crippen molar-refractivity contribution in [3.8, 4) is 16.9 Å². The lowest BCUT2D eigenvalue weighted by molar-refractivity contribution is 0.416. The van der Waals surface area contributed by atoms with Crippen molar-refractivity contribution in [2.75, 3.05) is 7.11 Å². The van der Waals surface area contributed by atoms with E-state index in [1.54, 1.807) is 13.2 Å². The summed E-state index contributed by atoms with van der Waals surface area (Å²) in [5, 5.41) is 0.584. The molecule has 0 atom stereocenters. The second kappa shape index (κ2) is 4.57. The SMILES string of the molecule is COc1ccccc1-c1ccc2c(=O)[nH]cnc2c1. The van der Waals surface area contributed by atoms with Gasteiger partial charge >= 0.3 is 0 Å². The van der Waals surface area contributed by atoms with Crippen molar-refractivity contribution >= 4 is 10.9 Å². The van der Waals surface area contributed by atoms with Gasteiger partial charge in [0.15, 0.2) is 0 Å². The maximum absolute atomic E-state index is 11.6. The Bertz CT molecular complexity index is 793. The molecule has 4 nitrogen and oxygen atoms in total. The Morgan fingerprint density at radius 1 is 1.16 bits per heavy atom. The summed E-state index contributed by atoms with van der Waals surface area (Å²) in [7, 11) is 1.64. The Morgan fingerprint density at radius 2 is 2.00 bits per heavy atom. The van der Waals surface area contributed by atoms with Crippen LogP contribution in [0, 0.1) is 0 Å². The topological polar surface area (TPSA) is 55.0 Å². The Kier molecular flexibility index (Phi) is 2.76. The van der Waals surface area contributed by atoms with Crippen molar-refractivity contribution in [2.24, 2.45) is 0 Å². The van der Waals surface area contributed by atoms with Gasteiger partial charge in [-0.2, -0.15) is 0 Å². The number of ether oxygens (including phenoxy) is 1. The normalized spacial score (nSPS) is 10.6. The highest BCUT2D eigenvalue weighted by molar-refractivity contribution is 5.84. The van der Waals surface area contributed by atoms with Gasteiger partial charge in [-0.25, -0.2) is 4.98 Å². The van der Waals surface area contributed by atoms with E-state index in [0.717, 1.165) is 16.9 Å². The highest BCUT2D eigenvalue weighted by Gasteiger charge is 2.07. The predicted molar refractivity (Wildman–Crippen MR) is 74.4 cm³/mol. The van der Waals surface area contributed by atoms with Gasteiger partial charge in [0.25, 0.3) is 5.56 Å². The van der Waals surface area contributed by atoms with Crippen molar-refractivity contribution in [1.29, 1.82) is 0 Å². The van der Waals surface area contributed by atoms with Crippen molar-refractivity contribution < 1.29 is 4.74 Å². The van der Waals surface area contributed by atoms with E-state index < -0.39 is 0 Å². The Balaban J connectivity index is 2.24. The second-order valence-electron chi connectivity index (χ2n) is 4.16. The van der Waals surface area contributed by atoms with E-state index in [-0.39, 0.29) is 5.56 Å². The summed E-state index contributed by atoms with van der Waals surface area (Å²) in [6, 6.07) is 13.3. The molecule has 0 aliphatic heterocycles. The zero-order valence-corrected chi connectivity index (χ0v) is 10.4. The Morgan fingerprint density at radius 3 is 2.84 bits per heavy atom. The van der Waals surface area contributed by atoms with Crippen LogP contribution >= 0.6 is 0 Å². The third-order valence-electron chi connectivity index (χ3n) is 3.06. The predicted octanol–water partition coefficient (Wildman–Crippen LogP) is 2.60. The molecular weight excluding hydrogens is 240 g/mol. The highest BCUT2D eigenvalue weighted by atomic mass is 16.5. The molecule has 1 heterocycles. The van der Waals surface area contributed by atoms with E-state index >= 15 is 0 Å². The molecule has 2 aromatic carbocycles. The molecule has 0 saturated carbocycles. The summed E-state index contributed by atoms with van der Waals surface area (Å²) in [6.45, 7) is 0. The van der Waals surface area contributed by atoms with Crippen LogP contribution in [-0.2, 0) is 0 Å². The number of fused-ring (bicyclic) bond motifs is 1. The number of nitrogens with zero attached hydrogens (tertiary/aromatic N) is 1. The van der Waals surface area contributed by atoms with Crippen LogP contribution in [0.15, 0.2) is 53.6 Å². The largest absolute Gasteiger partial charge is 0.496 e. The van der Waals surface area contributed by atoms with Crippen LogP contribution in [0.3, 0.4) is 0 Å². The first-order chi connectivity index (χ1) is 9.29. The van der Waals surface area contributed by atoms with Crippen LogP contribution in [0.1, 0.15) is 0 Å². The molecule has 0 amide bonds. The fraction of sp³-hybridized carbons (Fsp3) is 0.0667. The van der Waals surface area contributed by atoms with Gasteiger partial charge in [0.1, 0.15) is 5.75 Å². The number of hydrogen-bond acceptors (Lipinski definition) is 3. The maximum Gasteiger partial charge on any atom is 0.258 e. The number of aromatic amines is 1. The Hall–Kier alpha value is -2.62. The van der Waals surface area contributed by atoms with Crippen molar-refractivity contribution in [3.63, 3.8) is 0 Å². The van der Waals surface area contributed by atoms with Crippen molar-refractivity contribution in [2.45, 2.75) is 0 Å². The smallest absolute Gasteiger partial charge is 0.258 e. The first-order valence-electron chi connectivity index (χ1n) is 5.90. The molecule has 0 unspecified atom stereocenters. The molecule has 0 saturated heterocycles. The molecule has 4 heteroatoms. The van der Waals surface area contributed by atoms with Gasteiger partial charge in [-0.3, -0.25) is 4.79 Å². The highest BCUT2D eigenvalue weighted by Crippen LogP contribution is 2.30. The monoisotopic (exact) mass is 252 g/mol. The Labute approximate surface area is 109 Å². The van der Waals surface area contributed by atoms with E-state index in [4.69, 9.17) is 4.74 Å². The molecule has 3 rings (SSSR count). The summed E-state index contributed by atoms with van der Waals surface area (Å²) in [5.74, 6) is 0.798. The van der Waals surface area contributed by atoms with E-state index in [1.807, 2.05) is 36.4 Å². The van der Waals surface area contributed by atoms with E-state index in [2.05, 4.69) is 9.97 Å². The molecule has 0 radical (unpaired) electrons. The molecule has 94 valence electrons. The van der Waals surface area contributed by atoms with Crippen LogP contribution < -0.4 is 10.3 Å². The number of para-hydroxylation sites is 1. The lowest BCUT2D eigenvalue weighted by atomic mass is 10.0. The van der Waals surface area contributed by atoms with Crippen molar-refractivity contribution in [1.82, 2.24) is 9.97 Å². The third-order valence-corrected chi connectivity index (χ3v) is 3.06. The van der Waals surface area contributed by atoms with Crippen LogP contribution in [-0.4, -0.2) is 17.1 Å². The molecule has 3 aromatic rings. The summed E-state index contributed by atoms with van der Waals surface area (Å²) in [6.07, 6.45) is 1.41. The standard InChI is InChI=1S/C15H12N2O2/c1-19-14-5-3-2-4-11(14)10-6-7-12-13(8-10)16-9-17-15(12)18/h2-9H,1H3,(H,16,17,18). The fourth-order valence-corrected chi connectivity index (χ4v) is 2.12. The van der Waals surface area contributed by atoms with Gasteiger partial charge in [-0.05, 0) is 23.8 Å². The lowest BCUT2D eigenvalue weighted by Crippen LogP contribution is -2.05. The molecule has 0 aliphatic carbocycles. The third kappa shape index (κ3) is 1.97. The van der Waals surface area contributed by atoms with Gasteiger partial charge in [0, 0.05) is 5.56 Å².